The molecule has 2 aromatic carbocycles. The van der Waals surface area contributed by atoms with Crippen molar-refractivity contribution in [2.24, 2.45) is 0 Å². The van der Waals surface area contributed by atoms with Gasteiger partial charge in [-0.1, -0.05) is 30.3 Å². The van der Waals surface area contributed by atoms with Crippen LogP contribution in [-0.4, -0.2) is 55.3 Å². The zero-order valence-corrected chi connectivity index (χ0v) is 17.3. The third kappa shape index (κ3) is 5.08. The number of benzene rings is 2. The molecule has 1 fully saturated rings. The molecule has 0 aliphatic carbocycles. The fraction of sp³-hybridized carbons (Fsp3) is 0.435. The smallest absolute Gasteiger partial charge is 0.253 e. The van der Waals surface area contributed by atoms with Gasteiger partial charge in [-0.3, -0.25) is 4.79 Å². The van der Waals surface area contributed by atoms with Crippen LogP contribution in [-0.2, 0) is 0 Å². The van der Waals surface area contributed by atoms with Gasteiger partial charge in [-0.15, -0.1) is 0 Å². The van der Waals surface area contributed by atoms with Crippen molar-refractivity contribution in [3.8, 4) is 11.5 Å². The van der Waals surface area contributed by atoms with Crippen LogP contribution in [0.25, 0.3) is 0 Å². The van der Waals surface area contributed by atoms with Crippen molar-refractivity contribution >= 4 is 5.91 Å². The predicted molar refractivity (Wildman–Crippen MR) is 112 cm³/mol. The number of rotatable bonds is 7. The summed E-state index contributed by atoms with van der Waals surface area (Å²) < 4.78 is 10.5. The quantitative estimate of drug-likeness (QED) is 0.750. The Morgan fingerprint density at radius 2 is 1.72 bits per heavy atom. The first kappa shape index (κ1) is 21.1. The van der Waals surface area contributed by atoms with E-state index in [9.17, 15) is 9.90 Å². The van der Waals surface area contributed by atoms with Crippen LogP contribution in [0.5, 0.6) is 11.5 Å². The Bertz CT molecular complexity index is 804. The molecule has 3 rings (SSSR count). The highest BCUT2D eigenvalue weighted by atomic mass is 16.5. The van der Waals surface area contributed by atoms with Crippen LogP contribution in [0.4, 0.5) is 0 Å². The summed E-state index contributed by atoms with van der Waals surface area (Å²) in [5.74, 6) is 1.17. The van der Waals surface area contributed by atoms with Crippen molar-refractivity contribution in [3.05, 3.63) is 59.7 Å². The number of piperidine rings is 1. The first-order chi connectivity index (χ1) is 14.0. The van der Waals surface area contributed by atoms with Crippen LogP contribution >= 0.6 is 0 Å². The minimum atomic E-state index is -0.553. The molecular formula is C23H30N2O4. The standard InChI is InChI=1S/C23H30N2O4/c1-16(22(26)17-7-5-4-6-8-17)24-19-11-13-25(14-12-19)23(27)18-9-10-20(28-2)21(15-18)29-3/h4-10,15-16,19,22,24,26H,11-14H2,1-3H3. The van der Waals surface area contributed by atoms with E-state index in [1.54, 1.807) is 32.4 Å². The molecule has 1 aliphatic rings. The van der Waals surface area contributed by atoms with E-state index in [-0.39, 0.29) is 18.0 Å². The average molecular weight is 399 g/mol. The first-order valence-electron chi connectivity index (χ1n) is 10.0. The molecular weight excluding hydrogens is 368 g/mol. The van der Waals surface area contributed by atoms with Crippen molar-refractivity contribution in [3.63, 3.8) is 0 Å². The second-order valence-electron chi connectivity index (χ2n) is 7.45. The van der Waals surface area contributed by atoms with Crippen LogP contribution in [0.2, 0.25) is 0 Å². The number of amides is 1. The SMILES string of the molecule is COc1ccc(C(=O)N2CCC(NC(C)C(O)c3ccccc3)CC2)cc1OC. The number of hydrogen-bond donors (Lipinski definition) is 2. The third-order valence-electron chi connectivity index (χ3n) is 5.53. The summed E-state index contributed by atoms with van der Waals surface area (Å²) in [4.78, 5) is 14.7. The van der Waals surface area contributed by atoms with E-state index >= 15 is 0 Å². The largest absolute Gasteiger partial charge is 0.493 e. The van der Waals surface area contributed by atoms with Gasteiger partial charge in [0.15, 0.2) is 11.5 Å². The van der Waals surface area contributed by atoms with E-state index < -0.39 is 6.10 Å². The Labute approximate surface area is 172 Å². The van der Waals surface area contributed by atoms with E-state index in [1.807, 2.05) is 42.2 Å². The molecule has 0 bridgehead atoms. The van der Waals surface area contributed by atoms with Crippen molar-refractivity contribution in [1.29, 1.82) is 0 Å². The van der Waals surface area contributed by atoms with E-state index in [0.29, 0.717) is 30.2 Å². The van der Waals surface area contributed by atoms with Gasteiger partial charge in [0, 0.05) is 30.7 Å². The summed E-state index contributed by atoms with van der Waals surface area (Å²) in [7, 11) is 3.14. The molecule has 0 spiro atoms. The fourth-order valence-electron chi connectivity index (χ4n) is 3.80. The second-order valence-corrected chi connectivity index (χ2v) is 7.45. The molecule has 0 aromatic heterocycles. The van der Waals surface area contributed by atoms with Gasteiger partial charge in [0.1, 0.15) is 0 Å². The molecule has 1 saturated heterocycles. The number of ether oxygens (including phenoxy) is 2. The highest BCUT2D eigenvalue weighted by molar-refractivity contribution is 5.95. The van der Waals surface area contributed by atoms with Gasteiger partial charge < -0.3 is 24.8 Å². The van der Waals surface area contributed by atoms with Gasteiger partial charge in [-0.05, 0) is 43.5 Å². The lowest BCUT2D eigenvalue weighted by Crippen LogP contribution is -2.48. The molecule has 1 amide bonds. The molecule has 2 atom stereocenters. The fourth-order valence-corrected chi connectivity index (χ4v) is 3.80. The molecule has 0 radical (unpaired) electrons. The number of hydrogen-bond acceptors (Lipinski definition) is 5. The topological polar surface area (TPSA) is 71.0 Å². The maximum Gasteiger partial charge on any atom is 0.253 e. The summed E-state index contributed by atoms with van der Waals surface area (Å²) in [5.41, 5.74) is 1.51. The van der Waals surface area contributed by atoms with E-state index in [4.69, 9.17) is 9.47 Å². The zero-order valence-electron chi connectivity index (χ0n) is 17.3. The number of nitrogens with zero attached hydrogens (tertiary/aromatic N) is 1. The van der Waals surface area contributed by atoms with E-state index in [1.165, 1.54) is 0 Å². The molecule has 1 aliphatic heterocycles. The lowest BCUT2D eigenvalue weighted by Gasteiger charge is -2.35. The molecule has 2 aromatic rings. The predicted octanol–water partition coefficient (Wildman–Crippen LogP) is 3.02. The highest BCUT2D eigenvalue weighted by Gasteiger charge is 2.26. The number of likely N-dealkylation sites (tertiary alicyclic amines) is 1. The van der Waals surface area contributed by atoms with Crippen LogP contribution in [0.15, 0.2) is 48.5 Å². The normalized spacial score (nSPS) is 16.9. The van der Waals surface area contributed by atoms with Gasteiger partial charge in [0.25, 0.3) is 5.91 Å². The lowest BCUT2D eigenvalue weighted by atomic mass is 9.99. The summed E-state index contributed by atoms with van der Waals surface area (Å²) in [6.45, 7) is 3.36. The van der Waals surface area contributed by atoms with Gasteiger partial charge in [-0.2, -0.15) is 0 Å². The Morgan fingerprint density at radius 3 is 2.34 bits per heavy atom. The van der Waals surface area contributed by atoms with Gasteiger partial charge >= 0.3 is 0 Å². The van der Waals surface area contributed by atoms with Crippen molar-refractivity contribution < 1.29 is 19.4 Å². The Kier molecular flexibility index (Phi) is 7.12. The van der Waals surface area contributed by atoms with Gasteiger partial charge in [-0.25, -0.2) is 0 Å². The minimum Gasteiger partial charge on any atom is -0.493 e. The minimum absolute atomic E-state index is 0.00164. The number of carbonyl (C=O) groups excluding carboxylic acids is 1. The number of nitrogens with one attached hydrogen (secondary N) is 1. The molecule has 2 unspecified atom stereocenters. The Balaban J connectivity index is 1.54. The summed E-state index contributed by atoms with van der Waals surface area (Å²) >= 11 is 0. The van der Waals surface area contributed by atoms with Crippen LogP contribution in [0, 0.1) is 0 Å². The van der Waals surface area contributed by atoms with E-state index in [2.05, 4.69) is 5.32 Å². The third-order valence-corrected chi connectivity index (χ3v) is 5.53. The molecule has 2 N–H and O–H groups in total. The highest BCUT2D eigenvalue weighted by Crippen LogP contribution is 2.28. The number of aliphatic hydroxyl groups excluding tert-OH is 1. The molecule has 29 heavy (non-hydrogen) atoms. The van der Waals surface area contributed by atoms with Crippen LogP contribution < -0.4 is 14.8 Å². The number of methoxy groups -OCH3 is 2. The second kappa shape index (κ2) is 9.76. The van der Waals surface area contributed by atoms with Crippen LogP contribution in [0.3, 0.4) is 0 Å². The zero-order chi connectivity index (χ0) is 20.8. The monoisotopic (exact) mass is 398 g/mol. The summed E-state index contributed by atoms with van der Waals surface area (Å²) in [5, 5.41) is 14.1. The van der Waals surface area contributed by atoms with Crippen LogP contribution in [0.1, 0.15) is 41.8 Å². The summed E-state index contributed by atoms with van der Waals surface area (Å²) in [6, 6.07) is 15.2. The summed E-state index contributed by atoms with van der Waals surface area (Å²) in [6.07, 6.45) is 1.15. The van der Waals surface area contributed by atoms with Crippen molar-refractivity contribution in [2.45, 2.75) is 38.0 Å². The molecule has 6 heteroatoms. The number of carbonyl (C=O) groups is 1. The number of aliphatic hydroxyl groups is 1. The molecule has 156 valence electrons. The lowest BCUT2D eigenvalue weighted by molar-refractivity contribution is 0.0682. The van der Waals surface area contributed by atoms with Gasteiger partial charge in [0.05, 0.1) is 20.3 Å². The molecule has 0 saturated carbocycles. The maximum atomic E-state index is 12.9. The van der Waals surface area contributed by atoms with Crippen molar-refractivity contribution in [2.75, 3.05) is 27.3 Å². The molecule has 6 nitrogen and oxygen atoms in total. The van der Waals surface area contributed by atoms with Gasteiger partial charge in [0.2, 0.25) is 0 Å². The Morgan fingerprint density at radius 1 is 1.07 bits per heavy atom. The Hall–Kier alpha value is -2.57. The maximum absolute atomic E-state index is 12.9. The van der Waals surface area contributed by atoms with Crippen molar-refractivity contribution in [1.82, 2.24) is 10.2 Å². The first-order valence-corrected chi connectivity index (χ1v) is 10.0. The average Bonchev–Trinajstić information content (AvgIpc) is 2.78. The van der Waals surface area contributed by atoms with E-state index in [0.717, 1.165) is 18.4 Å². The molecule has 1 heterocycles.